The molecule has 0 unspecified atom stereocenters. The number of nitrogen functional groups attached to an aromatic ring is 2. The van der Waals surface area contributed by atoms with Gasteiger partial charge in [0.25, 0.3) is 0 Å². The summed E-state index contributed by atoms with van der Waals surface area (Å²) in [6.07, 6.45) is 0. The number of anilines is 3. The summed E-state index contributed by atoms with van der Waals surface area (Å²) < 4.78 is 0.419. The molecule has 1 heterocycles. The Hall–Kier alpha value is -1.96. The van der Waals surface area contributed by atoms with Gasteiger partial charge in [-0.3, -0.25) is 5.41 Å². The Bertz CT molecular complexity index is 387. The van der Waals surface area contributed by atoms with E-state index in [9.17, 15) is 5.21 Å². The van der Waals surface area contributed by atoms with Gasteiger partial charge >= 0.3 is 0 Å². The van der Waals surface area contributed by atoms with Crippen LogP contribution in [0.1, 0.15) is 0 Å². The molecule has 0 fully saturated rings. The van der Waals surface area contributed by atoms with E-state index in [1.807, 2.05) is 0 Å². The van der Waals surface area contributed by atoms with E-state index in [1.54, 1.807) is 0 Å². The van der Waals surface area contributed by atoms with Crippen LogP contribution in [-0.2, 0) is 0 Å². The minimum atomic E-state index is -0.378. The Morgan fingerprint density at radius 1 is 1.50 bits per heavy atom. The van der Waals surface area contributed by atoms with Crippen molar-refractivity contribution in [3.8, 4) is 0 Å². The van der Waals surface area contributed by atoms with Gasteiger partial charge in [0.15, 0.2) is 17.5 Å². The second-order valence-electron chi connectivity index (χ2n) is 2.54. The lowest BCUT2D eigenvalue weighted by Crippen LogP contribution is -2.27. The van der Waals surface area contributed by atoms with Crippen molar-refractivity contribution in [2.75, 3.05) is 29.9 Å². The molecule has 0 radical (unpaired) electrons. The predicted molar refractivity (Wildman–Crippen MR) is 49.7 cm³/mol. The normalized spacial score (nSPS) is 10.1. The molecule has 8 nitrogen and oxygen atoms in total. The minimum absolute atomic E-state index is 0.102. The third kappa shape index (κ3) is 1.69. The Balaban J connectivity index is 3.13. The number of nitrogens with one attached hydrogen (secondary N) is 2. The molecule has 0 aliphatic heterocycles. The summed E-state index contributed by atoms with van der Waals surface area (Å²) in [6, 6.07) is 0. The van der Waals surface area contributed by atoms with Crippen molar-refractivity contribution in [3.05, 3.63) is 5.49 Å². The van der Waals surface area contributed by atoms with Crippen molar-refractivity contribution < 1.29 is 10.3 Å². The van der Waals surface area contributed by atoms with E-state index in [2.05, 4.69) is 10.3 Å². The number of rotatable bonds is 3. The standard InChI is InChI=1S/C6H12N6O2/c7-3-4(8)12(14)5(9)6(11-3)10-1-2-13/h8,10,13-14H,1-2,9H2,(H2,7,11). The predicted octanol–water partition coefficient (Wildman–Crippen LogP) is -1.83. The third-order valence-electron chi connectivity index (χ3n) is 1.56. The summed E-state index contributed by atoms with van der Waals surface area (Å²) in [5.41, 5.74) is 10.4. The van der Waals surface area contributed by atoms with Crippen molar-refractivity contribution in [2.24, 2.45) is 0 Å². The van der Waals surface area contributed by atoms with Crippen LogP contribution in [0.4, 0.5) is 17.5 Å². The highest BCUT2D eigenvalue weighted by atomic mass is 16.5. The lowest BCUT2D eigenvalue weighted by molar-refractivity contribution is 0.177. The van der Waals surface area contributed by atoms with Crippen LogP contribution in [0.15, 0.2) is 0 Å². The number of nitrogens with two attached hydrogens (primary N) is 2. The van der Waals surface area contributed by atoms with E-state index < -0.39 is 0 Å². The van der Waals surface area contributed by atoms with Crippen molar-refractivity contribution in [2.45, 2.75) is 0 Å². The summed E-state index contributed by atoms with van der Waals surface area (Å²) in [7, 11) is 0. The highest BCUT2D eigenvalue weighted by molar-refractivity contribution is 5.58. The summed E-state index contributed by atoms with van der Waals surface area (Å²) >= 11 is 0. The molecular formula is C6H12N6O2. The van der Waals surface area contributed by atoms with Gasteiger partial charge in [0.05, 0.1) is 6.61 Å². The van der Waals surface area contributed by atoms with Gasteiger partial charge in [-0.05, 0) is 0 Å². The molecule has 0 saturated carbocycles. The quantitative estimate of drug-likeness (QED) is 0.316. The fourth-order valence-corrected chi connectivity index (χ4v) is 0.864. The monoisotopic (exact) mass is 200 g/mol. The number of aromatic nitrogens is 2. The van der Waals surface area contributed by atoms with Crippen LogP contribution < -0.4 is 22.3 Å². The lowest BCUT2D eigenvalue weighted by Gasteiger charge is -2.10. The van der Waals surface area contributed by atoms with Gasteiger partial charge in [-0.25, -0.2) is 4.98 Å². The van der Waals surface area contributed by atoms with Crippen LogP contribution in [0, 0.1) is 5.41 Å². The average molecular weight is 200 g/mol. The average Bonchev–Trinajstić information content (AvgIpc) is 2.18. The first-order chi connectivity index (χ1) is 6.57. The molecule has 1 aromatic rings. The van der Waals surface area contributed by atoms with E-state index in [1.165, 1.54) is 0 Å². The third-order valence-corrected chi connectivity index (χ3v) is 1.56. The zero-order valence-electron chi connectivity index (χ0n) is 7.36. The van der Waals surface area contributed by atoms with Crippen molar-refractivity contribution >= 4 is 17.5 Å². The number of nitrogens with zero attached hydrogens (tertiary/aromatic N) is 2. The maximum atomic E-state index is 9.25. The first-order valence-corrected chi connectivity index (χ1v) is 3.84. The van der Waals surface area contributed by atoms with Crippen LogP contribution >= 0.6 is 0 Å². The molecule has 0 saturated heterocycles. The molecule has 78 valence electrons. The van der Waals surface area contributed by atoms with Crippen LogP contribution in [0.25, 0.3) is 0 Å². The Labute approximate surface area is 79.3 Å². The molecule has 0 atom stereocenters. The summed E-state index contributed by atoms with van der Waals surface area (Å²) in [4.78, 5) is 3.73. The highest BCUT2D eigenvalue weighted by Crippen LogP contribution is 2.11. The Kier molecular flexibility index (Phi) is 2.77. The smallest absolute Gasteiger partial charge is 0.205 e. The first-order valence-electron chi connectivity index (χ1n) is 3.84. The fourth-order valence-electron chi connectivity index (χ4n) is 0.864. The van der Waals surface area contributed by atoms with E-state index in [-0.39, 0.29) is 36.1 Å². The summed E-state index contributed by atoms with van der Waals surface area (Å²) in [6.45, 7) is 0.128. The maximum absolute atomic E-state index is 9.25. The number of aliphatic hydroxyl groups excluding tert-OH is 1. The van der Waals surface area contributed by atoms with E-state index in [0.29, 0.717) is 4.73 Å². The topological polar surface area (TPSA) is 146 Å². The lowest BCUT2D eigenvalue weighted by atomic mass is 10.5. The molecule has 1 rings (SSSR count). The Morgan fingerprint density at radius 3 is 2.71 bits per heavy atom. The van der Waals surface area contributed by atoms with Gasteiger partial charge < -0.3 is 27.1 Å². The van der Waals surface area contributed by atoms with Gasteiger partial charge in [-0.1, -0.05) is 0 Å². The van der Waals surface area contributed by atoms with Gasteiger partial charge in [0, 0.05) is 6.54 Å². The molecule has 0 aliphatic rings. The molecule has 0 bridgehead atoms. The van der Waals surface area contributed by atoms with Crippen molar-refractivity contribution in [1.29, 1.82) is 5.41 Å². The molecule has 0 spiro atoms. The second kappa shape index (κ2) is 3.83. The molecule has 0 aliphatic carbocycles. The van der Waals surface area contributed by atoms with Gasteiger partial charge in [0.1, 0.15) is 0 Å². The Morgan fingerprint density at radius 2 is 2.14 bits per heavy atom. The molecule has 8 heteroatoms. The summed E-state index contributed by atoms with van der Waals surface area (Å²) in [5, 5.41) is 27.7. The molecule has 0 aromatic carbocycles. The van der Waals surface area contributed by atoms with Crippen LogP contribution in [0.2, 0.25) is 0 Å². The van der Waals surface area contributed by atoms with Crippen LogP contribution in [-0.4, -0.2) is 33.2 Å². The van der Waals surface area contributed by atoms with Gasteiger partial charge in [-0.2, -0.15) is 0 Å². The molecule has 0 amide bonds. The van der Waals surface area contributed by atoms with Crippen molar-refractivity contribution in [1.82, 2.24) is 9.71 Å². The van der Waals surface area contributed by atoms with Crippen LogP contribution in [0.3, 0.4) is 0 Å². The van der Waals surface area contributed by atoms with Crippen LogP contribution in [0.5, 0.6) is 0 Å². The molecule has 14 heavy (non-hydrogen) atoms. The van der Waals surface area contributed by atoms with Gasteiger partial charge in [0.2, 0.25) is 5.49 Å². The van der Waals surface area contributed by atoms with Crippen molar-refractivity contribution in [3.63, 3.8) is 0 Å². The fraction of sp³-hybridized carbons (Fsp3) is 0.333. The highest BCUT2D eigenvalue weighted by Gasteiger charge is 2.08. The largest absolute Gasteiger partial charge is 0.425 e. The van der Waals surface area contributed by atoms with Gasteiger partial charge in [-0.15, -0.1) is 4.73 Å². The molecule has 8 N–H and O–H groups in total. The first kappa shape index (κ1) is 10.1. The zero-order valence-corrected chi connectivity index (χ0v) is 7.36. The molecular weight excluding hydrogens is 188 g/mol. The zero-order chi connectivity index (χ0) is 10.7. The second-order valence-corrected chi connectivity index (χ2v) is 2.54. The van der Waals surface area contributed by atoms with E-state index in [0.717, 1.165) is 0 Å². The SMILES string of the molecule is N=c1c(N)nc(NCCO)c(N)n1O. The number of hydrogen-bond donors (Lipinski definition) is 6. The minimum Gasteiger partial charge on any atom is -0.425 e. The summed E-state index contributed by atoms with van der Waals surface area (Å²) in [5.74, 6) is -0.144. The maximum Gasteiger partial charge on any atom is 0.205 e. The van der Waals surface area contributed by atoms with E-state index in [4.69, 9.17) is 22.0 Å². The number of hydrogen-bond acceptors (Lipinski definition) is 7. The van der Waals surface area contributed by atoms with E-state index >= 15 is 0 Å². The molecule has 1 aromatic heterocycles. The number of aliphatic hydroxyl groups is 1.